The lowest BCUT2D eigenvalue weighted by atomic mass is 9.82. The lowest BCUT2D eigenvalue weighted by molar-refractivity contribution is 0.257. The number of nitrogens with zero attached hydrogens (tertiary/aromatic N) is 2. The molecule has 1 heterocycles. The summed E-state index contributed by atoms with van der Waals surface area (Å²) in [6.45, 7) is 5.63. The first-order valence-corrected chi connectivity index (χ1v) is 8.23. The van der Waals surface area contributed by atoms with Crippen LogP contribution in [-0.4, -0.2) is 9.55 Å². The Morgan fingerprint density at radius 3 is 2.95 bits per heavy atom. The molecule has 1 saturated carbocycles. The molecule has 1 aliphatic rings. The number of hydrogen-bond donors (Lipinski definition) is 0. The van der Waals surface area contributed by atoms with E-state index in [0.29, 0.717) is 5.88 Å². The van der Waals surface area contributed by atoms with E-state index in [0.717, 1.165) is 29.7 Å². The Kier molecular flexibility index (Phi) is 4.02. The number of hydrogen-bond acceptors (Lipinski definition) is 1. The van der Waals surface area contributed by atoms with Gasteiger partial charge in [0.15, 0.2) is 0 Å². The number of imidazole rings is 1. The van der Waals surface area contributed by atoms with Gasteiger partial charge in [0.1, 0.15) is 5.82 Å². The van der Waals surface area contributed by atoms with E-state index in [9.17, 15) is 0 Å². The monoisotopic (exact) mass is 290 g/mol. The standard InChI is InChI=1S/C17H23ClN2/c1-12-5-3-7-14(9-12)11-20-16(10-18)19-15-8-4-6-13(2)17(15)20/h4,6,8,12,14H,3,5,7,9-11H2,1-2H3. The molecular formula is C17H23ClN2. The van der Waals surface area contributed by atoms with Crippen molar-refractivity contribution in [2.24, 2.45) is 11.8 Å². The summed E-state index contributed by atoms with van der Waals surface area (Å²) in [6, 6.07) is 6.34. The van der Waals surface area contributed by atoms with E-state index in [1.165, 1.54) is 36.8 Å². The SMILES string of the molecule is Cc1cccc2nc(CCl)n(CC3CCCC(C)C3)c12. The van der Waals surface area contributed by atoms with Crippen molar-refractivity contribution in [1.82, 2.24) is 9.55 Å². The Labute approximate surface area is 126 Å². The van der Waals surface area contributed by atoms with Crippen molar-refractivity contribution in [3.8, 4) is 0 Å². The highest BCUT2D eigenvalue weighted by molar-refractivity contribution is 6.16. The maximum absolute atomic E-state index is 6.12. The summed E-state index contributed by atoms with van der Waals surface area (Å²) in [5, 5.41) is 0. The Morgan fingerprint density at radius 1 is 1.35 bits per heavy atom. The summed E-state index contributed by atoms with van der Waals surface area (Å²) in [7, 11) is 0. The maximum atomic E-state index is 6.12. The number of fused-ring (bicyclic) bond motifs is 1. The second-order valence-corrected chi connectivity index (χ2v) is 6.62. The zero-order valence-electron chi connectivity index (χ0n) is 12.4. The topological polar surface area (TPSA) is 17.8 Å². The predicted molar refractivity (Wildman–Crippen MR) is 85.1 cm³/mol. The fourth-order valence-corrected chi connectivity index (χ4v) is 3.90. The Morgan fingerprint density at radius 2 is 2.20 bits per heavy atom. The normalized spacial score (nSPS) is 23.4. The van der Waals surface area contributed by atoms with E-state index in [2.05, 4.69) is 36.6 Å². The highest BCUT2D eigenvalue weighted by Crippen LogP contribution is 2.31. The van der Waals surface area contributed by atoms with Crippen LogP contribution in [0.2, 0.25) is 0 Å². The van der Waals surface area contributed by atoms with Gasteiger partial charge in [-0.15, -0.1) is 11.6 Å². The number of aromatic nitrogens is 2. The molecule has 1 aliphatic carbocycles. The van der Waals surface area contributed by atoms with Gasteiger partial charge in [-0.3, -0.25) is 0 Å². The van der Waals surface area contributed by atoms with Gasteiger partial charge in [0.25, 0.3) is 0 Å². The average molecular weight is 291 g/mol. The summed E-state index contributed by atoms with van der Waals surface area (Å²) >= 11 is 6.12. The molecule has 1 aromatic carbocycles. The predicted octanol–water partition coefficient (Wildman–Crippen LogP) is 4.91. The van der Waals surface area contributed by atoms with Crippen molar-refractivity contribution in [3.63, 3.8) is 0 Å². The highest BCUT2D eigenvalue weighted by Gasteiger charge is 2.21. The minimum Gasteiger partial charge on any atom is -0.326 e. The maximum Gasteiger partial charge on any atom is 0.124 e. The smallest absolute Gasteiger partial charge is 0.124 e. The molecule has 0 aliphatic heterocycles. The fourth-order valence-electron chi connectivity index (χ4n) is 3.70. The summed E-state index contributed by atoms with van der Waals surface area (Å²) in [4.78, 5) is 4.71. The number of aryl methyl sites for hydroxylation is 1. The van der Waals surface area contributed by atoms with Crippen molar-refractivity contribution in [1.29, 1.82) is 0 Å². The first-order chi connectivity index (χ1) is 9.69. The second kappa shape index (κ2) is 5.77. The zero-order valence-corrected chi connectivity index (χ0v) is 13.2. The number of alkyl halides is 1. The molecular weight excluding hydrogens is 268 g/mol. The van der Waals surface area contributed by atoms with Crippen molar-refractivity contribution in [2.75, 3.05) is 0 Å². The summed E-state index contributed by atoms with van der Waals surface area (Å²) in [5.41, 5.74) is 3.67. The number of benzene rings is 1. The van der Waals surface area contributed by atoms with E-state index in [1.807, 2.05) is 0 Å². The molecule has 3 heteroatoms. The van der Waals surface area contributed by atoms with Crippen LogP contribution in [0.1, 0.15) is 44.0 Å². The first-order valence-electron chi connectivity index (χ1n) is 7.69. The van der Waals surface area contributed by atoms with Gasteiger partial charge >= 0.3 is 0 Å². The zero-order chi connectivity index (χ0) is 14.1. The molecule has 2 atom stereocenters. The van der Waals surface area contributed by atoms with Gasteiger partial charge in [-0.1, -0.05) is 31.9 Å². The molecule has 0 saturated heterocycles. The molecule has 0 bridgehead atoms. The van der Waals surface area contributed by atoms with Gasteiger partial charge in [-0.2, -0.15) is 0 Å². The Balaban J connectivity index is 1.97. The van der Waals surface area contributed by atoms with Crippen LogP contribution in [0, 0.1) is 18.8 Å². The van der Waals surface area contributed by atoms with Gasteiger partial charge < -0.3 is 4.57 Å². The molecule has 2 nitrogen and oxygen atoms in total. The lowest BCUT2D eigenvalue weighted by Gasteiger charge is -2.27. The van der Waals surface area contributed by atoms with Crippen LogP contribution in [0.5, 0.6) is 0 Å². The minimum absolute atomic E-state index is 0.496. The van der Waals surface area contributed by atoms with Gasteiger partial charge in [-0.05, 0) is 43.2 Å². The lowest BCUT2D eigenvalue weighted by Crippen LogP contribution is -2.19. The highest BCUT2D eigenvalue weighted by atomic mass is 35.5. The van der Waals surface area contributed by atoms with Crippen LogP contribution in [0.15, 0.2) is 18.2 Å². The third-order valence-electron chi connectivity index (χ3n) is 4.65. The summed E-state index contributed by atoms with van der Waals surface area (Å²) in [5.74, 6) is 3.16. The summed E-state index contributed by atoms with van der Waals surface area (Å²) in [6.07, 6.45) is 5.45. The van der Waals surface area contributed by atoms with Crippen LogP contribution < -0.4 is 0 Å². The quantitative estimate of drug-likeness (QED) is 0.734. The minimum atomic E-state index is 0.496. The number of rotatable bonds is 3. The molecule has 0 amide bonds. The van der Waals surface area contributed by atoms with Crippen LogP contribution in [0.4, 0.5) is 0 Å². The number of para-hydroxylation sites is 1. The Bertz CT molecular complexity index is 602. The fraction of sp³-hybridized carbons (Fsp3) is 0.588. The van der Waals surface area contributed by atoms with E-state index in [4.69, 9.17) is 16.6 Å². The van der Waals surface area contributed by atoms with Crippen LogP contribution in [0.3, 0.4) is 0 Å². The third-order valence-corrected chi connectivity index (χ3v) is 4.89. The first kappa shape index (κ1) is 13.9. The van der Waals surface area contributed by atoms with E-state index >= 15 is 0 Å². The molecule has 2 aromatic rings. The molecule has 20 heavy (non-hydrogen) atoms. The molecule has 108 valence electrons. The largest absolute Gasteiger partial charge is 0.326 e. The van der Waals surface area contributed by atoms with Crippen molar-refractivity contribution in [2.45, 2.75) is 52.0 Å². The van der Waals surface area contributed by atoms with Crippen molar-refractivity contribution < 1.29 is 0 Å². The van der Waals surface area contributed by atoms with Crippen molar-refractivity contribution >= 4 is 22.6 Å². The van der Waals surface area contributed by atoms with Gasteiger partial charge in [0.05, 0.1) is 16.9 Å². The third kappa shape index (κ3) is 2.58. The van der Waals surface area contributed by atoms with Gasteiger partial charge in [0, 0.05) is 6.54 Å². The molecule has 2 unspecified atom stereocenters. The van der Waals surface area contributed by atoms with Crippen LogP contribution in [0.25, 0.3) is 11.0 Å². The van der Waals surface area contributed by atoms with Gasteiger partial charge in [-0.25, -0.2) is 4.98 Å². The van der Waals surface area contributed by atoms with Crippen molar-refractivity contribution in [3.05, 3.63) is 29.6 Å². The number of halogens is 1. The second-order valence-electron chi connectivity index (χ2n) is 6.35. The summed E-state index contributed by atoms with van der Waals surface area (Å²) < 4.78 is 2.38. The molecule has 0 N–H and O–H groups in total. The average Bonchev–Trinajstić information content (AvgIpc) is 2.78. The molecule has 3 rings (SSSR count). The van der Waals surface area contributed by atoms with E-state index < -0.39 is 0 Å². The van der Waals surface area contributed by atoms with Crippen LogP contribution in [-0.2, 0) is 12.4 Å². The molecule has 1 fully saturated rings. The molecule has 1 aromatic heterocycles. The molecule has 0 radical (unpaired) electrons. The van der Waals surface area contributed by atoms with E-state index in [1.54, 1.807) is 0 Å². The van der Waals surface area contributed by atoms with E-state index in [-0.39, 0.29) is 0 Å². The molecule has 0 spiro atoms. The van der Waals surface area contributed by atoms with Gasteiger partial charge in [0.2, 0.25) is 0 Å². The van der Waals surface area contributed by atoms with Crippen LogP contribution >= 0.6 is 11.6 Å². The Hall–Kier alpha value is -1.02.